The lowest BCUT2D eigenvalue weighted by Gasteiger charge is -2.24. The summed E-state index contributed by atoms with van der Waals surface area (Å²) >= 11 is 1.02. The van der Waals surface area contributed by atoms with E-state index in [-0.39, 0.29) is 29.1 Å². The molecule has 0 aliphatic carbocycles. The Labute approximate surface area is 254 Å². The van der Waals surface area contributed by atoms with Crippen LogP contribution in [0.5, 0.6) is 0 Å². The molecule has 44 heavy (non-hydrogen) atoms. The monoisotopic (exact) mass is 638 g/mol. The molecule has 1 aliphatic heterocycles. The fraction of sp³-hybridized carbons (Fsp3) is 0.480. The molecule has 19 heteroatoms. The molecular weight excluding hydrogens is 604 g/mol. The SMILES string of the molecule is NCCCC[C@H](NC(=O)[C@@H]1CCSc2ccc([N+](=O)[O-])cc2C(=O)N[C@@H](CC(N)=O)C(=O)NCC(=O)N1)C(=O)NCC(=O)O. The maximum absolute atomic E-state index is 13.3. The number of carboxylic acids is 1. The Morgan fingerprint density at radius 2 is 1.89 bits per heavy atom. The predicted molar refractivity (Wildman–Crippen MR) is 154 cm³/mol. The largest absolute Gasteiger partial charge is 0.480 e. The Balaban J connectivity index is 2.37. The van der Waals surface area contributed by atoms with E-state index in [0.29, 0.717) is 19.4 Å². The van der Waals surface area contributed by atoms with Crippen LogP contribution in [-0.4, -0.2) is 95.0 Å². The lowest BCUT2D eigenvalue weighted by atomic mass is 10.1. The van der Waals surface area contributed by atoms with Crippen LogP contribution in [0.1, 0.15) is 42.5 Å². The number of primary amides is 1. The van der Waals surface area contributed by atoms with Crippen LogP contribution in [0.2, 0.25) is 0 Å². The van der Waals surface area contributed by atoms with Gasteiger partial charge in [0.2, 0.25) is 29.5 Å². The molecule has 0 fully saturated rings. The minimum Gasteiger partial charge on any atom is -0.480 e. The van der Waals surface area contributed by atoms with Crippen molar-refractivity contribution in [1.29, 1.82) is 0 Å². The van der Waals surface area contributed by atoms with E-state index in [9.17, 15) is 43.7 Å². The highest BCUT2D eigenvalue weighted by Crippen LogP contribution is 2.28. The van der Waals surface area contributed by atoms with Gasteiger partial charge in [-0.25, -0.2) is 0 Å². The lowest BCUT2D eigenvalue weighted by molar-refractivity contribution is -0.384. The van der Waals surface area contributed by atoms with Crippen LogP contribution in [0.3, 0.4) is 0 Å². The van der Waals surface area contributed by atoms with Crippen LogP contribution >= 0.6 is 11.8 Å². The Morgan fingerprint density at radius 3 is 2.52 bits per heavy atom. The number of thioether (sulfide) groups is 1. The summed E-state index contributed by atoms with van der Waals surface area (Å²) in [6.07, 6.45) is 0.388. The van der Waals surface area contributed by atoms with Crippen molar-refractivity contribution in [2.24, 2.45) is 11.5 Å². The fourth-order valence-corrected chi connectivity index (χ4v) is 5.04. The van der Waals surface area contributed by atoms with E-state index < -0.39 is 89.7 Å². The van der Waals surface area contributed by atoms with Gasteiger partial charge in [-0.15, -0.1) is 11.8 Å². The number of nitro benzene ring substituents is 1. The summed E-state index contributed by atoms with van der Waals surface area (Å²) in [4.78, 5) is 97.8. The van der Waals surface area contributed by atoms with Crippen LogP contribution in [0.4, 0.5) is 5.69 Å². The summed E-state index contributed by atoms with van der Waals surface area (Å²) in [5.41, 5.74) is 10.1. The molecule has 0 saturated carbocycles. The van der Waals surface area contributed by atoms with Gasteiger partial charge < -0.3 is 43.2 Å². The first-order valence-electron chi connectivity index (χ1n) is 13.4. The van der Waals surface area contributed by atoms with Crippen LogP contribution in [-0.2, 0) is 28.8 Å². The van der Waals surface area contributed by atoms with E-state index >= 15 is 0 Å². The third-order valence-electron chi connectivity index (χ3n) is 6.18. The molecule has 3 atom stereocenters. The number of hydrogen-bond donors (Lipinski definition) is 8. The van der Waals surface area contributed by atoms with E-state index in [1.165, 1.54) is 6.07 Å². The molecule has 1 aliphatic rings. The average molecular weight is 639 g/mol. The lowest BCUT2D eigenvalue weighted by Crippen LogP contribution is -2.56. The van der Waals surface area contributed by atoms with E-state index in [4.69, 9.17) is 16.6 Å². The second-order valence-corrected chi connectivity index (χ2v) is 10.7. The molecule has 10 N–H and O–H groups in total. The van der Waals surface area contributed by atoms with Gasteiger partial charge >= 0.3 is 5.97 Å². The number of nitrogens with one attached hydrogen (secondary N) is 5. The number of nitrogens with zero attached hydrogens (tertiary/aromatic N) is 1. The number of non-ortho nitro benzene ring substituents is 1. The van der Waals surface area contributed by atoms with Crippen molar-refractivity contribution >= 4 is 58.9 Å². The second-order valence-electron chi connectivity index (χ2n) is 9.57. The van der Waals surface area contributed by atoms with Gasteiger partial charge in [0.15, 0.2) is 0 Å². The number of carbonyl (C=O) groups is 7. The molecule has 0 radical (unpaired) electrons. The van der Waals surface area contributed by atoms with E-state index in [0.717, 1.165) is 23.9 Å². The van der Waals surface area contributed by atoms with Gasteiger partial charge in [-0.3, -0.25) is 43.7 Å². The highest BCUT2D eigenvalue weighted by atomic mass is 32.2. The molecule has 1 heterocycles. The molecule has 0 saturated heterocycles. The number of hydrogen-bond acceptors (Lipinski definition) is 11. The maximum Gasteiger partial charge on any atom is 0.322 e. The molecule has 0 unspecified atom stereocenters. The first-order valence-corrected chi connectivity index (χ1v) is 14.4. The number of fused-ring (bicyclic) bond motifs is 1. The quantitative estimate of drug-likeness (QED) is 0.0668. The molecule has 0 aromatic heterocycles. The van der Waals surface area contributed by atoms with Crippen molar-refractivity contribution in [3.05, 3.63) is 33.9 Å². The molecular formula is C25H34N8O10S. The molecule has 18 nitrogen and oxygen atoms in total. The molecule has 0 bridgehead atoms. The van der Waals surface area contributed by atoms with Gasteiger partial charge in [-0.05, 0) is 38.3 Å². The minimum atomic E-state index is -1.52. The normalized spacial score (nSPS) is 18.2. The smallest absolute Gasteiger partial charge is 0.322 e. The Hall–Kier alpha value is -4.78. The standard InChI is InChI=1S/C25H34N8O10S/c26-7-2-1-3-15(23(39)29-12-21(36)37)31-25(41)16-6-8-44-18-5-4-13(33(42)43)9-14(18)22(38)32-17(10-19(27)34)24(40)28-11-20(35)30-16/h4-5,9,15-17H,1-3,6-8,10-12,26H2,(H2,27,34)(H,28,40)(H,29,39)(H,30,35)(H,31,41)(H,32,38)(H,36,37)/t15-,16-,17-/m0/s1. The van der Waals surface area contributed by atoms with Crippen LogP contribution < -0.4 is 38.1 Å². The molecule has 0 spiro atoms. The van der Waals surface area contributed by atoms with E-state index in [1.54, 1.807) is 0 Å². The Bertz CT molecular complexity index is 1290. The molecule has 6 amide bonds. The zero-order valence-electron chi connectivity index (χ0n) is 23.5. The third-order valence-corrected chi connectivity index (χ3v) is 7.29. The highest BCUT2D eigenvalue weighted by molar-refractivity contribution is 7.99. The zero-order chi connectivity index (χ0) is 32.8. The number of nitrogens with two attached hydrogens (primary N) is 2. The van der Waals surface area contributed by atoms with Crippen LogP contribution in [0.25, 0.3) is 0 Å². The Kier molecular flexibility index (Phi) is 14.0. The van der Waals surface area contributed by atoms with Gasteiger partial charge in [0.05, 0.1) is 23.5 Å². The highest BCUT2D eigenvalue weighted by Gasteiger charge is 2.30. The third kappa shape index (κ3) is 11.5. The second kappa shape index (κ2) is 17.4. The Morgan fingerprint density at radius 1 is 1.16 bits per heavy atom. The summed E-state index contributed by atoms with van der Waals surface area (Å²) in [6.45, 7) is -1.02. The molecule has 1 aromatic carbocycles. The van der Waals surface area contributed by atoms with Crippen molar-refractivity contribution in [3.63, 3.8) is 0 Å². The molecule has 1 aromatic rings. The zero-order valence-corrected chi connectivity index (χ0v) is 24.3. The number of amides is 6. The number of unbranched alkanes of at least 4 members (excludes halogenated alkanes) is 1. The summed E-state index contributed by atoms with van der Waals surface area (Å²) in [5, 5.41) is 32.0. The van der Waals surface area contributed by atoms with Crippen molar-refractivity contribution in [2.75, 3.05) is 25.4 Å². The number of benzene rings is 1. The summed E-state index contributed by atoms with van der Waals surface area (Å²) < 4.78 is 0. The first-order chi connectivity index (χ1) is 20.8. The predicted octanol–water partition coefficient (Wildman–Crippen LogP) is -2.52. The van der Waals surface area contributed by atoms with Crippen molar-refractivity contribution in [2.45, 2.75) is 55.1 Å². The van der Waals surface area contributed by atoms with Crippen molar-refractivity contribution in [3.8, 4) is 0 Å². The number of rotatable bonds is 12. The number of nitro groups is 1. The van der Waals surface area contributed by atoms with Crippen LogP contribution in [0.15, 0.2) is 23.1 Å². The summed E-state index contributed by atoms with van der Waals surface area (Å²) in [7, 11) is 0. The molecule has 240 valence electrons. The number of aliphatic carboxylic acids is 1. The fourth-order valence-electron chi connectivity index (χ4n) is 3.99. The van der Waals surface area contributed by atoms with Gasteiger partial charge in [0, 0.05) is 22.8 Å². The topological polar surface area (TPSA) is 295 Å². The maximum atomic E-state index is 13.3. The van der Waals surface area contributed by atoms with E-state index in [1.807, 2.05) is 0 Å². The van der Waals surface area contributed by atoms with Gasteiger partial charge in [-0.1, -0.05) is 0 Å². The van der Waals surface area contributed by atoms with Crippen LogP contribution in [0, 0.1) is 10.1 Å². The number of carbonyl (C=O) groups excluding carboxylic acids is 6. The molecule has 2 rings (SSSR count). The summed E-state index contributed by atoms with van der Waals surface area (Å²) in [6, 6.07) is -0.465. The van der Waals surface area contributed by atoms with Gasteiger partial charge in [-0.2, -0.15) is 0 Å². The average Bonchev–Trinajstić information content (AvgIpc) is 2.96. The van der Waals surface area contributed by atoms with E-state index in [2.05, 4.69) is 26.6 Å². The van der Waals surface area contributed by atoms with Crippen molar-refractivity contribution < 1.29 is 43.6 Å². The first kappa shape index (κ1) is 35.4. The minimum absolute atomic E-state index is 0.0508. The summed E-state index contributed by atoms with van der Waals surface area (Å²) in [5.74, 6) is -6.37. The number of carboxylic acid groups (broad SMARTS) is 1. The van der Waals surface area contributed by atoms with Crippen molar-refractivity contribution in [1.82, 2.24) is 26.6 Å². The van der Waals surface area contributed by atoms with Gasteiger partial charge in [0.25, 0.3) is 11.6 Å². The van der Waals surface area contributed by atoms with Gasteiger partial charge in [0.1, 0.15) is 24.7 Å².